The first-order chi connectivity index (χ1) is 9.17. The third-order valence-electron chi connectivity index (χ3n) is 2.47. The van der Waals surface area contributed by atoms with E-state index in [-0.39, 0.29) is 18.9 Å². The number of rotatable bonds is 6. The second-order valence-corrected chi connectivity index (χ2v) is 3.57. The van der Waals surface area contributed by atoms with Gasteiger partial charge in [0.2, 0.25) is 0 Å². The fourth-order valence-electron chi connectivity index (χ4n) is 1.53. The van der Waals surface area contributed by atoms with Crippen molar-refractivity contribution in [3.63, 3.8) is 0 Å². The van der Waals surface area contributed by atoms with Crippen molar-refractivity contribution in [3.05, 3.63) is 17.7 Å². The highest BCUT2D eigenvalue weighted by molar-refractivity contribution is 5.97. The van der Waals surface area contributed by atoms with Crippen molar-refractivity contribution in [2.75, 3.05) is 27.9 Å². The molecule has 0 spiro atoms. The fourth-order valence-corrected chi connectivity index (χ4v) is 1.53. The number of benzene rings is 1. The van der Waals surface area contributed by atoms with E-state index in [2.05, 4.69) is 5.32 Å². The lowest BCUT2D eigenvalue weighted by atomic mass is 10.1. The van der Waals surface area contributed by atoms with Gasteiger partial charge in [-0.2, -0.15) is 5.26 Å². The molecule has 0 bridgehead atoms. The van der Waals surface area contributed by atoms with Gasteiger partial charge in [-0.05, 0) is 0 Å². The van der Waals surface area contributed by atoms with E-state index in [0.29, 0.717) is 22.8 Å². The summed E-state index contributed by atoms with van der Waals surface area (Å²) in [6.45, 7) is 0.285. The molecule has 19 heavy (non-hydrogen) atoms. The molecule has 102 valence electrons. The monoisotopic (exact) mass is 264 g/mol. The summed E-state index contributed by atoms with van der Waals surface area (Å²) in [4.78, 5) is 12.0. The van der Waals surface area contributed by atoms with E-state index in [0.717, 1.165) is 0 Å². The Morgan fingerprint density at radius 3 is 2.26 bits per heavy atom. The maximum absolute atomic E-state index is 12.0. The average molecular weight is 264 g/mol. The Balaban J connectivity index is 3.04. The zero-order valence-electron chi connectivity index (χ0n) is 11.1. The van der Waals surface area contributed by atoms with E-state index >= 15 is 0 Å². The normalized spacial score (nSPS) is 9.37. The van der Waals surface area contributed by atoms with Crippen molar-refractivity contribution in [1.82, 2.24) is 5.32 Å². The molecule has 0 aliphatic rings. The first kappa shape index (κ1) is 14.6. The van der Waals surface area contributed by atoms with Crippen molar-refractivity contribution < 1.29 is 19.0 Å². The summed E-state index contributed by atoms with van der Waals surface area (Å²) in [7, 11) is 4.46. The molecule has 0 aliphatic carbocycles. The van der Waals surface area contributed by atoms with Crippen LogP contribution in [0, 0.1) is 11.3 Å². The number of carbonyl (C=O) groups excluding carboxylic acids is 1. The van der Waals surface area contributed by atoms with Crippen molar-refractivity contribution >= 4 is 5.91 Å². The number of nitrogens with zero attached hydrogens (tertiary/aromatic N) is 1. The van der Waals surface area contributed by atoms with Crippen molar-refractivity contribution in [2.45, 2.75) is 6.42 Å². The molecule has 0 fully saturated rings. The Morgan fingerprint density at radius 2 is 1.74 bits per heavy atom. The summed E-state index contributed by atoms with van der Waals surface area (Å²) in [6, 6.07) is 5.08. The molecule has 0 atom stereocenters. The Kier molecular flexibility index (Phi) is 5.48. The Bertz CT molecular complexity index is 494. The van der Waals surface area contributed by atoms with E-state index in [1.54, 1.807) is 12.1 Å². The summed E-state index contributed by atoms with van der Waals surface area (Å²) in [6.07, 6.45) is 0.251. The second-order valence-electron chi connectivity index (χ2n) is 3.57. The van der Waals surface area contributed by atoms with E-state index in [1.165, 1.54) is 21.3 Å². The predicted octanol–water partition coefficient (Wildman–Crippen LogP) is 1.36. The van der Waals surface area contributed by atoms with Gasteiger partial charge in [0.05, 0.1) is 39.4 Å². The van der Waals surface area contributed by atoms with Crippen LogP contribution in [0.25, 0.3) is 0 Å². The zero-order valence-corrected chi connectivity index (χ0v) is 11.1. The number of methoxy groups -OCH3 is 3. The van der Waals surface area contributed by atoms with Crippen LogP contribution in [0.4, 0.5) is 0 Å². The van der Waals surface area contributed by atoms with Crippen LogP contribution in [0.5, 0.6) is 17.2 Å². The molecule has 0 heterocycles. The van der Waals surface area contributed by atoms with Crippen LogP contribution in [-0.4, -0.2) is 33.8 Å². The number of carbonyl (C=O) groups is 1. The molecule has 0 saturated carbocycles. The van der Waals surface area contributed by atoms with Crippen LogP contribution >= 0.6 is 0 Å². The van der Waals surface area contributed by atoms with Gasteiger partial charge in [-0.1, -0.05) is 0 Å². The molecule has 1 amide bonds. The number of ether oxygens (including phenoxy) is 3. The molecule has 1 aromatic carbocycles. The predicted molar refractivity (Wildman–Crippen MR) is 68.7 cm³/mol. The molecule has 0 saturated heterocycles. The molecule has 1 rings (SSSR count). The van der Waals surface area contributed by atoms with Gasteiger partial charge in [-0.15, -0.1) is 0 Å². The molecule has 6 nitrogen and oxygen atoms in total. The third kappa shape index (κ3) is 3.52. The minimum absolute atomic E-state index is 0.251. The molecule has 1 N–H and O–H groups in total. The largest absolute Gasteiger partial charge is 0.496 e. The minimum Gasteiger partial charge on any atom is -0.496 e. The van der Waals surface area contributed by atoms with E-state index in [9.17, 15) is 4.79 Å². The van der Waals surface area contributed by atoms with Gasteiger partial charge >= 0.3 is 0 Å². The molecule has 6 heteroatoms. The molecule has 0 radical (unpaired) electrons. The molecule has 0 unspecified atom stereocenters. The summed E-state index contributed by atoms with van der Waals surface area (Å²) >= 11 is 0. The lowest BCUT2D eigenvalue weighted by Crippen LogP contribution is -2.24. The highest BCUT2D eigenvalue weighted by Crippen LogP contribution is 2.34. The Morgan fingerprint density at radius 1 is 1.16 bits per heavy atom. The van der Waals surface area contributed by atoms with Gasteiger partial charge in [0.1, 0.15) is 5.75 Å². The lowest BCUT2D eigenvalue weighted by molar-refractivity contribution is 0.0951. The van der Waals surface area contributed by atoms with E-state index in [1.807, 2.05) is 6.07 Å². The van der Waals surface area contributed by atoms with Gasteiger partial charge in [-0.3, -0.25) is 4.79 Å². The highest BCUT2D eigenvalue weighted by Gasteiger charge is 2.17. The first-order valence-corrected chi connectivity index (χ1v) is 5.63. The van der Waals surface area contributed by atoms with Gasteiger partial charge in [0.15, 0.2) is 11.5 Å². The van der Waals surface area contributed by atoms with E-state index in [4.69, 9.17) is 19.5 Å². The number of amides is 1. The van der Waals surface area contributed by atoms with Crippen molar-refractivity contribution in [1.29, 1.82) is 5.26 Å². The first-order valence-electron chi connectivity index (χ1n) is 5.63. The average Bonchev–Trinajstić information content (AvgIpc) is 2.45. The number of nitrogens with one attached hydrogen (secondary N) is 1. The Labute approximate surface area is 111 Å². The van der Waals surface area contributed by atoms with Gasteiger partial charge in [-0.25, -0.2) is 0 Å². The maximum Gasteiger partial charge on any atom is 0.255 e. The topological polar surface area (TPSA) is 80.6 Å². The molecular formula is C13H16N2O4. The third-order valence-corrected chi connectivity index (χ3v) is 2.47. The van der Waals surface area contributed by atoms with Crippen LogP contribution in [0.3, 0.4) is 0 Å². The molecule has 1 aromatic rings. The van der Waals surface area contributed by atoms with Crippen molar-refractivity contribution in [3.8, 4) is 23.3 Å². The summed E-state index contributed by atoms with van der Waals surface area (Å²) in [5.74, 6) is 0.974. The smallest absolute Gasteiger partial charge is 0.255 e. The van der Waals surface area contributed by atoms with Crippen LogP contribution < -0.4 is 19.5 Å². The molecule has 0 aromatic heterocycles. The summed E-state index contributed by atoms with van der Waals surface area (Å²) < 4.78 is 15.4. The maximum atomic E-state index is 12.0. The Hall–Kier alpha value is -2.42. The number of nitriles is 1. The van der Waals surface area contributed by atoms with Crippen LogP contribution in [0.2, 0.25) is 0 Å². The summed E-state index contributed by atoms with van der Waals surface area (Å²) in [5.41, 5.74) is 0.332. The molecule has 0 aliphatic heterocycles. The number of hydrogen-bond donors (Lipinski definition) is 1. The van der Waals surface area contributed by atoms with Crippen LogP contribution in [0.1, 0.15) is 16.8 Å². The number of hydrogen-bond acceptors (Lipinski definition) is 5. The highest BCUT2D eigenvalue weighted by atomic mass is 16.5. The standard InChI is InChI=1S/C13H16N2O4/c1-17-10-8-12(19-3)11(18-2)7-9(10)13(16)15-6-4-5-14/h7-8H,4,6H2,1-3H3,(H,15,16). The van der Waals surface area contributed by atoms with Crippen LogP contribution in [0.15, 0.2) is 12.1 Å². The fraction of sp³-hybridized carbons (Fsp3) is 0.385. The van der Waals surface area contributed by atoms with Gasteiger partial charge in [0, 0.05) is 18.7 Å². The SMILES string of the molecule is COc1cc(OC)c(C(=O)NCCC#N)cc1OC. The van der Waals surface area contributed by atoms with E-state index < -0.39 is 0 Å². The minimum atomic E-state index is -0.326. The molecular weight excluding hydrogens is 248 g/mol. The quantitative estimate of drug-likeness (QED) is 0.784. The van der Waals surface area contributed by atoms with Gasteiger partial charge in [0.25, 0.3) is 5.91 Å². The lowest BCUT2D eigenvalue weighted by Gasteiger charge is -2.13. The van der Waals surface area contributed by atoms with Crippen molar-refractivity contribution in [2.24, 2.45) is 0 Å². The van der Waals surface area contributed by atoms with Crippen LogP contribution in [-0.2, 0) is 0 Å². The second kappa shape index (κ2) is 7.11. The zero-order chi connectivity index (χ0) is 14.3. The summed E-state index contributed by atoms with van der Waals surface area (Å²) in [5, 5.41) is 11.1. The van der Waals surface area contributed by atoms with Gasteiger partial charge < -0.3 is 19.5 Å².